The second-order valence-electron chi connectivity index (χ2n) is 9.83. The van der Waals surface area contributed by atoms with Crippen molar-refractivity contribution in [2.45, 2.75) is 31.8 Å². The maximum absolute atomic E-state index is 13.8. The number of hydrogen-bond donors (Lipinski definition) is 1. The van der Waals surface area contributed by atoms with Crippen LogP contribution in [0.1, 0.15) is 34.3 Å². The predicted octanol–water partition coefficient (Wildman–Crippen LogP) is 6.27. The summed E-state index contributed by atoms with van der Waals surface area (Å²) in [5, 5.41) is 5.49. The molecule has 5 rings (SSSR count). The van der Waals surface area contributed by atoms with E-state index in [1.807, 2.05) is 66.7 Å². The highest BCUT2D eigenvalue weighted by Gasteiger charge is 2.32. The Morgan fingerprint density at radius 3 is 2.38 bits per heavy atom. The third kappa shape index (κ3) is 5.69. The van der Waals surface area contributed by atoms with Crippen LogP contribution >= 0.6 is 23.2 Å². The van der Waals surface area contributed by atoms with Gasteiger partial charge in [0, 0.05) is 43.9 Å². The van der Waals surface area contributed by atoms with Crippen LogP contribution < -0.4 is 10.2 Å². The van der Waals surface area contributed by atoms with Crippen molar-refractivity contribution < 1.29 is 14.4 Å². The van der Waals surface area contributed by atoms with Crippen LogP contribution in [0.25, 0.3) is 10.8 Å². The minimum Gasteiger partial charge on any atom is -0.357 e. The van der Waals surface area contributed by atoms with Crippen molar-refractivity contribution in [2.24, 2.45) is 0 Å². The molecule has 0 radical (unpaired) electrons. The zero-order valence-corrected chi connectivity index (χ0v) is 23.6. The van der Waals surface area contributed by atoms with Gasteiger partial charge >= 0.3 is 0 Å². The maximum Gasteiger partial charge on any atom is 0.258 e. The molecular weight excluding hydrogens is 545 g/mol. The second kappa shape index (κ2) is 12.1. The van der Waals surface area contributed by atoms with Gasteiger partial charge in [-0.2, -0.15) is 0 Å². The van der Waals surface area contributed by atoms with Gasteiger partial charge in [-0.05, 0) is 47.2 Å². The molecule has 0 aliphatic carbocycles. The Balaban J connectivity index is 1.36. The van der Waals surface area contributed by atoms with Crippen LogP contribution in [-0.2, 0) is 22.6 Å². The molecule has 0 fully saturated rings. The quantitative estimate of drug-likeness (QED) is 0.243. The molecule has 4 aromatic carbocycles. The van der Waals surface area contributed by atoms with Gasteiger partial charge in [-0.1, -0.05) is 83.9 Å². The smallest absolute Gasteiger partial charge is 0.258 e. The molecule has 40 heavy (non-hydrogen) atoms. The molecule has 204 valence electrons. The number of nitrogens with zero attached hydrogens (tertiary/aromatic N) is 2. The summed E-state index contributed by atoms with van der Waals surface area (Å²) in [5.74, 6) is -0.494. The number of carbonyl (C=O) groups is 3. The summed E-state index contributed by atoms with van der Waals surface area (Å²) in [7, 11) is 1.57. The lowest BCUT2D eigenvalue weighted by Gasteiger charge is -2.31. The number of benzene rings is 4. The zero-order valence-electron chi connectivity index (χ0n) is 22.1. The van der Waals surface area contributed by atoms with Crippen LogP contribution in [0.3, 0.4) is 0 Å². The summed E-state index contributed by atoms with van der Waals surface area (Å²) >= 11 is 12.4. The molecule has 8 heteroatoms. The zero-order chi connectivity index (χ0) is 28.2. The largest absolute Gasteiger partial charge is 0.357 e. The molecular formula is C32H29Cl2N3O3. The van der Waals surface area contributed by atoms with Gasteiger partial charge in [-0.25, -0.2) is 0 Å². The first-order valence-corrected chi connectivity index (χ1v) is 14.0. The number of likely N-dealkylation sites (N-methyl/N-ethyl adjacent to an activating group) is 1. The van der Waals surface area contributed by atoms with E-state index in [4.69, 9.17) is 23.2 Å². The van der Waals surface area contributed by atoms with Gasteiger partial charge in [0.25, 0.3) is 5.91 Å². The molecule has 1 atom stereocenters. The standard InChI is InChI=1S/C32H29Cl2N3O3/c1-35-31(39)28(19-21-8-3-2-4-9-21)37(20-22-15-16-25(33)26(34)18-22)29(38)14-7-17-36-27-13-6-11-23-10-5-12-24(30(23)27)32(36)40/h2-6,8-13,15-16,18,28H,7,14,17,19-20H2,1H3,(H,35,39)/t28-/m1/s1. The first-order chi connectivity index (χ1) is 19.4. The highest BCUT2D eigenvalue weighted by Crippen LogP contribution is 2.37. The van der Waals surface area contributed by atoms with Crippen LogP contribution in [0.2, 0.25) is 10.0 Å². The summed E-state index contributed by atoms with van der Waals surface area (Å²) in [5.41, 5.74) is 3.26. The number of carbonyl (C=O) groups excluding carboxylic acids is 3. The third-order valence-electron chi connectivity index (χ3n) is 7.28. The van der Waals surface area contributed by atoms with Crippen molar-refractivity contribution in [1.82, 2.24) is 10.2 Å². The van der Waals surface area contributed by atoms with Crippen LogP contribution in [0, 0.1) is 0 Å². The fourth-order valence-corrected chi connectivity index (χ4v) is 5.61. The van der Waals surface area contributed by atoms with Crippen molar-refractivity contribution in [3.63, 3.8) is 0 Å². The van der Waals surface area contributed by atoms with Gasteiger partial charge in [0.05, 0.1) is 15.7 Å². The van der Waals surface area contributed by atoms with Crippen LogP contribution in [0.4, 0.5) is 5.69 Å². The third-order valence-corrected chi connectivity index (χ3v) is 8.01. The lowest BCUT2D eigenvalue weighted by atomic mass is 10.0. The van der Waals surface area contributed by atoms with E-state index in [0.717, 1.165) is 27.6 Å². The molecule has 0 aromatic heterocycles. The van der Waals surface area contributed by atoms with Crippen molar-refractivity contribution >= 4 is 57.4 Å². The van der Waals surface area contributed by atoms with Crippen molar-refractivity contribution in [3.05, 3.63) is 112 Å². The SMILES string of the molecule is CNC(=O)[C@@H](Cc1ccccc1)N(Cc1ccc(Cl)c(Cl)c1)C(=O)CCCN1C(=O)c2cccc3cccc1c23. The molecule has 6 nitrogen and oxygen atoms in total. The Hall–Kier alpha value is -3.87. The Bertz CT molecular complexity index is 1570. The lowest BCUT2D eigenvalue weighted by molar-refractivity contribution is -0.141. The highest BCUT2D eigenvalue weighted by atomic mass is 35.5. The number of hydrogen-bond acceptors (Lipinski definition) is 3. The van der Waals surface area contributed by atoms with Gasteiger partial charge in [-0.15, -0.1) is 0 Å². The van der Waals surface area contributed by atoms with E-state index in [9.17, 15) is 14.4 Å². The molecule has 0 saturated heterocycles. The van der Waals surface area contributed by atoms with E-state index in [0.29, 0.717) is 35.0 Å². The monoisotopic (exact) mass is 573 g/mol. The Kier molecular flexibility index (Phi) is 8.38. The summed E-state index contributed by atoms with van der Waals surface area (Å²) in [6, 6.07) is 25.7. The average molecular weight is 575 g/mol. The molecule has 4 aromatic rings. The number of anilines is 1. The van der Waals surface area contributed by atoms with E-state index in [1.54, 1.807) is 35.0 Å². The normalized spacial score (nSPS) is 13.0. The van der Waals surface area contributed by atoms with Gasteiger partial charge in [0.15, 0.2) is 0 Å². The molecule has 0 spiro atoms. The van der Waals surface area contributed by atoms with Gasteiger partial charge in [0.2, 0.25) is 11.8 Å². The predicted molar refractivity (Wildman–Crippen MR) is 160 cm³/mol. The summed E-state index contributed by atoms with van der Waals surface area (Å²) in [4.78, 5) is 43.5. The Morgan fingerprint density at radius 2 is 1.65 bits per heavy atom. The number of rotatable bonds is 10. The van der Waals surface area contributed by atoms with E-state index in [-0.39, 0.29) is 30.7 Å². The average Bonchev–Trinajstić information content (AvgIpc) is 3.25. The number of halogens is 2. The Morgan fingerprint density at radius 1 is 0.900 bits per heavy atom. The van der Waals surface area contributed by atoms with Gasteiger partial charge in [0.1, 0.15) is 6.04 Å². The fraction of sp³-hybridized carbons (Fsp3) is 0.219. The van der Waals surface area contributed by atoms with Crippen molar-refractivity contribution in [3.8, 4) is 0 Å². The minimum absolute atomic E-state index is 0.0563. The molecule has 1 aliphatic heterocycles. The lowest BCUT2D eigenvalue weighted by Crippen LogP contribution is -2.49. The minimum atomic E-state index is -0.735. The Labute approximate surface area is 243 Å². The molecule has 3 amide bonds. The topological polar surface area (TPSA) is 69.7 Å². The van der Waals surface area contributed by atoms with E-state index in [1.165, 1.54) is 0 Å². The highest BCUT2D eigenvalue weighted by molar-refractivity contribution is 6.42. The summed E-state index contributed by atoms with van der Waals surface area (Å²) in [6.45, 7) is 0.580. The van der Waals surface area contributed by atoms with Crippen molar-refractivity contribution in [1.29, 1.82) is 0 Å². The van der Waals surface area contributed by atoms with E-state index >= 15 is 0 Å². The molecule has 1 aliphatic rings. The van der Waals surface area contributed by atoms with Crippen LogP contribution in [0.15, 0.2) is 84.9 Å². The molecule has 1 heterocycles. The molecule has 1 N–H and O–H groups in total. The van der Waals surface area contributed by atoms with Crippen LogP contribution in [-0.4, -0.2) is 42.3 Å². The van der Waals surface area contributed by atoms with E-state index < -0.39 is 6.04 Å². The number of nitrogens with one attached hydrogen (secondary N) is 1. The second-order valence-corrected chi connectivity index (χ2v) is 10.6. The fourth-order valence-electron chi connectivity index (χ4n) is 5.29. The summed E-state index contributed by atoms with van der Waals surface area (Å²) in [6.07, 6.45) is 0.966. The number of amides is 3. The summed E-state index contributed by atoms with van der Waals surface area (Å²) < 4.78 is 0. The van der Waals surface area contributed by atoms with Crippen LogP contribution in [0.5, 0.6) is 0 Å². The van der Waals surface area contributed by atoms with Gasteiger partial charge < -0.3 is 15.1 Å². The maximum atomic E-state index is 13.8. The first-order valence-electron chi connectivity index (χ1n) is 13.2. The molecule has 0 unspecified atom stereocenters. The van der Waals surface area contributed by atoms with Crippen molar-refractivity contribution in [2.75, 3.05) is 18.5 Å². The first kappa shape index (κ1) is 27.7. The molecule has 0 saturated carbocycles. The molecule has 0 bridgehead atoms. The van der Waals surface area contributed by atoms with E-state index in [2.05, 4.69) is 5.32 Å². The van der Waals surface area contributed by atoms with Gasteiger partial charge in [-0.3, -0.25) is 14.4 Å².